The van der Waals surface area contributed by atoms with Crippen molar-refractivity contribution in [1.29, 1.82) is 0 Å². The maximum atomic E-state index is 4.18. The Morgan fingerprint density at radius 1 is 1.55 bits per heavy atom. The predicted octanol–water partition coefficient (Wildman–Crippen LogP) is 2.95. The Morgan fingerprint density at radius 3 is 2.55 bits per heavy atom. The molecule has 0 aliphatic rings. The van der Waals surface area contributed by atoms with Crippen molar-refractivity contribution in [3.63, 3.8) is 0 Å². The molecule has 0 amide bonds. The van der Waals surface area contributed by atoms with Gasteiger partial charge in [0.2, 0.25) is 0 Å². The third-order valence-electron chi connectivity index (χ3n) is 0.995. The predicted molar refractivity (Wildman–Crippen MR) is 55.8 cm³/mol. The molecule has 0 N–H and O–H groups in total. The van der Waals surface area contributed by atoms with Crippen LogP contribution >= 0.6 is 24.0 Å². The van der Waals surface area contributed by atoms with Crippen molar-refractivity contribution in [1.82, 2.24) is 4.98 Å². The van der Waals surface area contributed by atoms with Gasteiger partial charge >= 0.3 is 0 Å². The second kappa shape index (κ2) is 6.68. The molecule has 3 heteroatoms. The van der Waals surface area contributed by atoms with Crippen LogP contribution in [0.2, 0.25) is 0 Å². The van der Waals surface area contributed by atoms with Crippen LogP contribution < -0.4 is 0 Å². The number of thiol groups is 1. The van der Waals surface area contributed by atoms with E-state index in [9.17, 15) is 0 Å². The van der Waals surface area contributed by atoms with Gasteiger partial charge in [-0.1, -0.05) is 13.8 Å². The van der Waals surface area contributed by atoms with Crippen molar-refractivity contribution in [3.8, 4) is 0 Å². The van der Waals surface area contributed by atoms with Gasteiger partial charge in [-0.2, -0.15) is 12.6 Å². The van der Waals surface area contributed by atoms with Crippen LogP contribution in [0, 0.1) is 6.92 Å². The average molecular weight is 189 g/mol. The van der Waals surface area contributed by atoms with Crippen molar-refractivity contribution in [3.05, 3.63) is 16.1 Å². The first-order valence-corrected chi connectivity index (χ1v) is 5.30. The van der Waals surface area contributed by atoms with E-state index in [1.807, 2.05) is 20.0 Å². The van der Waals surface area contributed by atoms with Crippen LogP contribution in [0.15, 0.2) is 6.20 Å². The summed E-state index contributed by atoms with van der Waals surface area (Å²) in [6.07, 6.45) is 2.91. The minimum absolute atomic E-state index is 0.896. The molecule has 0 aliphatic carbocycles. The van der Waals surface area contributed by atoms with Crippen LogP contribution in [-0.2, 0) is 6.42 Å². The summed E-state index contributed by atoms with van der Waals surface area (Å²) in [5.74, 6) is 0.896. The van der Waals surface area contributed by atoms with E-state index in [-0.39, 0.29) is 0 Å². The number of aromatic nitrogens is 1. The van der Waals surface area contributed by atoms with Crippen LogP contribution in [0.1, 0.15) is 23.7 Å². The molecule has 11 heavy (non-hydrogen) atoms. The first-order chi connectivity index (χ1) is 5.33. The largest absolute Gasteiger partial charge is 0.249 e. The Balaban J connectivity index is 0.000000461. The summed E-state index contributed by atoms with van der Waals surface area (Å²) in [6, 6.07) is 0. The summed E-state index contributed by atoms with van der Waals surface area (Å²) in [5.41, 5.74) is 0. The van der Waals surface area contributed by atoms with E-state index >= 15 is 0 Å². The van der Waals surface area contributed by atoms with Gasteiger partial charge in [0.05, 0.1) is 5.01 Å². The van der Waals surface area contributed by atoms with Crippen molar-refractivity contribution in [2.45, 2.75) is 27.2 Å². The minimum atomic E-state index is 0.896. The Morgan fingerprint density at radius 2 is 2.18 bits per heavy atom. The molecule has 0 atom stereocenters. The summed E-state index contributed by atoms with van der Waals surface area (Å²) < 4.78 is 0. The van der Waals surface area contributed by atoms with E-state index < -0.39 is 0 Å². The standard InChI is InChI=1S/C6H9NS2.C2H6/c1-5-4-7-6(9-5)2-3-8;1-2/h4,8H,2-3H2,1H3;1-2H3. The quantitative estimate of drug-likeness (QED) is 0.706. The van der Waals surface area contributed by atoms with Gasteiger partial charge in [-0.05, 0) is 12.7 Å². The zero-order chi connectivity index (χ0) is 8.69. The first kappa shape index (κ1) is 11.0. The van der Waals surface area contributed by atoms with Gasteiger partial charge in [-0.3, -0.25) is 0 Å². The van der Waals surface area contributed by atoms with E-state index in [2.05, 4.69) is 24.5 Å². The highest BCUT2D eigenvalue weighted by Gasteiger charge is 1.94. The lowest BCUT2D eigenvalue weighted by molar-refractivity contribution is 1.11. The fraction of sp³-hybridized carbons (Fsp3) is 0.625. The molecule has 64 valence electrons. The molecule has 0 aliphatic heterocycles. The highest BCUT2D eigenvalue weighted by molar-refractivity contribution is 7.80. The SMILES string of the molecule is CC.Cc1cnc(CCS)s1. The number of rotatable bonds is 2. The second-order valence-electron chi connectivity index (χ2n) is 1.84. The molecule has 1 aromatic rings. The number of aryl methyl sites for hydroxylation is 2. The van der Waals surface area contributed by atoms with Crippen molar-refractivity contribution in [2.75, 3.05) is 5.75 Å². The van der Waals surface area contributed by atoms with Gasteiger partial charge < -0.3 is 0 Å². The zero-order valence-electron chi connectivity index (χ0n) is 7.29. The molecule has 0 saturated carbocycles. The lowest BCUT2D eigenvalue weighted by atomic mass is 10.5. The molecule has 1 nitrogen and oxygen atoms in total. The maximum absolute atomic E-state index is 4.18. The van der Waals surface area contributed by atoms with Gasteiger partial charge in [-0.25, -0.2) is 4.98 Å². The molecule has 1 aromatic heterocycles. The summed E-state index contributed by atoms with van der Waals surface area (Å²) in [6.45, 7) is 6.07. The van der Waals surface area contributed by atoms with Gasteiger partial charge in [-0.15, -0.1) is 11.3 Å². The number of thiazole rings is 1. The van der Waals surface area contributed by atoms with Crippen LogP contribution in [0.5, 0.6) is 0 Å². The Labute approximate surface area is 78.3 Å². The third kappa shape index (κ3) is 4.43. The van der Waals surface area contributed by atoms with Crippen molar-refractivity contribution < 1.29 is 0 Å². The second-order valence-corrected chi connectivity index (χ2v) is 3.60. The number of hydrogen-bond donors (Lipinski definition) is 1. The third-order valence-corrected chi connectivity index (χ3v) is 2.19. The molecule has 0 unspecified atom stereocenters. The number of hydrogen-bond acceptors (Lipinski definition) is 3. The van der Waals surface area contributed by atoms with Gasteiger partial charge in [0, 0.05) is 17.5 Å². The summed E-state index contributed by atoms with van der Waals surface area (Å²) in [4.78, 5) is 5.46. The Hall–Kier alpha value is -0.0200. The van der Waals surface area contributed by atoms with Gasteiger partial charge in [0.25, 0.3) is 0 Å². The number of nitrogens with zero attached hydrogens (tertiary/aromatic N) is 1. The summed E-state index contributed by atoms with van der Waals surface area (Å²) >= 11 is 5.86. The minimum Gasteiger partial charge on any atom is -0.249 e. The van der Waals surface area contributed by atoms with Crippen LogP contribution in [0.4, 0.5) is 0 Å². The molecule has 0 radical (unpaired) electrons. The van der Waals surface area contributed by atoms with Crippen LogP contribution in [-0.4, -0.2) is 10.7 Å². The highest BCUT2D eigenvalue weighted by Crippen LogP contribution is 2.11. The fourth-order valence-corrected chi connectivity index (χ4v) is 1.76. The van der Waals surface area contributed by atoms with E-state index in [1.54, 1.807) is 11.3 Å². The smallest absolute Gasteiger partial charge is 0.0935 e. The van der Waals surface area contributed by atoms with Crippen LogP contribution in [0.3, 0.4) is 0 Å². The van der Waals surface area contributed by atoms with Gasteiger partial charge in [0.15, 0.2) is 0 Å². The summed E-state index contributed by atoms with van der Waals surface area (Å²) in [5, 5.41) is 1.20. The average Bonchev–Trinajstić information content (AvgIpc) is 2.41. The lowest BCUT2D eigenvalue weighted by Gasteiger charge is -1.84. The monoisotopic (exact) mass is 189 g/mol. The van der Waals surface area contributed by atoms with Gasteiger partial charge in [0.1, 0.15) is 0 Å². The molecule has 0 saturated heterocycles. The first-order valence-electron chi connectivity index (χ1n) is 3.85. The molecular weight excluding hydrogens is 174 g/mol. The van der Waals surface area contributed by atoms with Crippen LogP contribution in [0.25, 0.3) is 0 Å². The zero-order valence-corrected chi connectivity index (χ0v) is 9.01. The molecule has 1 rings (SSSR count). The molecule has 1 heterocycles. The normalized spacial score (nSPS) is 8.73. The van der Waals surface area contributed by atoms with E-state index in [0.29, 0.717) is 0 Å². The molecule has 0 aromatic carbocycles. The topological polar surface area (TPSA) is 12.9 Å². The molecule has 0 bridgehead atoms. The Bertz CT molecular complexity index is 184. The molecule has 0 spiro atoms. The van der Waals surface area contributed by atoms with Crippen molar-refractivity contribution in [2.24, 2.45) is 0 Å². The molecular formula is C8H15NS2. The maximum Gasteiger partial charge on any atom is 0.0935 e. The molecule has 0 fully saturated rings. The Kier molecular flexibility index (Phi) is 6.66. The summed E-state index contributed by atoms with van der Waals surface area (Å²) in [7, 11) is 0. The van der Waals surface area contributed by atoms with E-state index in [4.69, 9.17) is 0 Å². The van der Waals surface area contributed by atoms with E-state index in [0.717, 1.165) is 12.2 Å². The fourth-order valence-electron chi connectivity index (χ4n) is 0.613. The van der Waals surface area contributed by atoms with Crippen molar-refractivity contribution >= 4 is 24.0 Å². The highest BCUT2D eigenvalue weighted by atomic mass is 32.1. The van der Waals surface area contributed by atoms with E-state index in [1.165, 1.54) is 9.88 Å². The lowest BCUT2D eigenvalue weighted by Crippen LogP contribution is -1.81.